The van der Waals surface area contributed by atoms with Crippen molar-refractivity contribution >= 4 is 22.5 Å². The summed E-state index contributed by atoms with van der Waals surface area (Å²) in [5, 5.41) is 14.2. The van der Waals surface area contributed by atoms with Crippen LogP contribution in [-0.4, -0.2) is 38.1 Å². The second-order valence-corrected chi connectivity index (χ2v) is 7.87. The molecular formula is C22H21ClN6. The number of fused-ring (bicyclic) bond motifs is 1. The third kappa shape index (κ3) is 3.73. The molecule has 0 spiro atoms. The van der Waals surface area contributed by atoms with Gasteiger partial charge in [-0.3, -0.25) is 0 Å². The van der Waals surface area contributed by atoms with Gasteiger partial charge in [0, 0.05) is 22.8 Å². The number of nitrogens with one attached hydrogen (secondary N) is 1. The molecule has 1 aliphatic heterocycles. The van der Waals surface area contributed by atoms with Gasteiger partial charge in [-0.15, -0.1) is 5.10 Å². The van der Waals surface area contributed by atoms with Crippen LogP contribution in [0.2, 0.25) is 5.02 Å². The molecule has 7 heteroatoms. The predicted molar refractivity (Wildman–Crippen MR) is 113 cm³/mol. The molecule has 0 saturated carbocycles. The molecule has 5 rings (SSSR count). The van der Waals surface area contributed by atoms with Gasteiger partial charge >= 0.3 is 0 Å². The van der Waals surface area contributed by atoms with Gasteiger partial charge in [-0.2, -0.15) is 0 Å². The Morgan fingerprint density at radius 3 is 2.66 bits per heavy atom. The van der Waals surface area contributed by atoms with E-state index in [1.165, 1.54) is 0 Å². The zero-order chi connectivity index (χ0) is 19.6. The molecule has 1 fully saturated rings. The van der Waals surface area contributed by atoms with Crippen molar-refractivity contribution in [2.24, 2.45) is 0 Å². The quantitative estimate of drug-likeness (QED) is 0.557. The van der Waals surface area contributed by atoms with Crippen LogP contribution in [0.15, 0.2) is 61.2 Å². The molecule has 1 saturated heterocycles. The first-order chi connectivity index (χ1) is 14.3. The van der Waals surface area contributed by atoms with Crippen molar-refractivity contribution in [2.45, 2.75) is 24.8 Å². The Hall–Kier alpha value is -2.83. The lowest BCUT2D eigenvalue weighted by atomic mass is 9.88. The van der Waals surface area contributed by atoms with E-state index in [-0.39, 0.29) is 5.92 Å². The maximum atomic E-state index is 6.14. The van der Waals surface area contributed by atoms with Gasteiger partial charge < -0.3 is 5.32 Å². The lowest BCUT2D eigenvalue weighted by Gasteiger charge is -2.22. The molecule has 29 heavy (non-hydrogen) atoms. The van der Waals surface area contributed by atoms with Crippen molar-refractivity contribution in [3.63, 3.8) is 0 Å². The second-order valence-electron chi connectivity index (χ2n) is 7.43. The Balaban J connectivity index is 1.58. The van der Waals surface area contributed by atoms with Crippen molar-refractivity contribution in [3.05, 3.63) is 83.0 Å². The van der Waals surface area contributed by atoms with Crippen LogP contribution in [0.3, 0.4) is 0 Å². The van der Waals surface area contributed by atoms with E-state index in [1.54, 1.807) is 6.33 Å². The van der Waals surface area contributed by atoms with Crippen molar-refractivity contribution in [1.82, 2.24) is 30.3 Å². The third-order valence-electron chi connectivity index (χ3n) is 5.57. The number of hydrogen-bond donors (Lipinski definition) is 1. The van der Waals surface area contributed by atoms with Gasteiger partial charge in [0.1, 0.15) is 6.33 Å². The highest BCUT2D eigenvalue weighted by Gasteiger charge is 2.23. The number of benzene rings is 2. The molecule has 1 aliphatic rings. The molecule has 0 amide bonds. The van der Waals surface area contributed by atoms with E-state index in [9.17, 15) is 0 Å². The fourth-order valence-electron chi connectivity index (χ4n) is 4.04. The zero-order valence-electron chi connectivity index (χ0n) is 15.9. The zero-order valence-corrected chi connectivity index (χ0v) is 16.6. The number of hydrogen-bond acceptors (Lipinski definition) is 5. The molecule has 1 atom stereocenters. The Labute approximate surface area is 173 Å². The summed E-state index contributed by atoms with van der Waals surface area (Å²) < 4.78 is 2.03. The number of nitrogens with zero attached hydrogens (tertiary/aromatic N) is 5. The van der Waals surface area contributed by atoms with Crippen LogP contribution in [0, 0.1) is 0 Å². The van der Waals surface area contributed by atoms with Crippen molar-refractivity contribution in [1.29, 1.82) is 0 Å². The molecule has 1 N–H and O–H groups in total. The Morgan fingerprint density at radius 1 is 1.03 bits per heavy atom. The minimum Gasteiger partial charge on any atom is -0.317 e. The van der Waals surface area contributed by atoms with Gasteiger partial charge in [0.05, 0.1) is 23.2 Å². The fourth-order valence-corrected chi connectivity index (χ4v) is 4.17. The Bertz CT molecular complexity index is 1120. The summed E-state index contributed by atoms with van der Waals surface area (Å²) in [7, 11) is 0. The predicted octanol–water partition coefficient (Wildman–Crippen LogP) is 3.98. The molecule has 2 aromatic heterocycles. The van der Waals surface area contributed by atoms with E-state index < -0.39 is 0 Å². The number of rotatable bonds is 4. The smallest absolute Gasteiger partial charge is 0.116 e. The summed E-state index contributed by atoms with van der Waals surface area (Å²) in [6.07, 6.45) is 7.66. The molecular weight excluding hydrogens is 384 g/mol. The Kier molecular flexibility index (Phi) is 4.96. The van der Waals surface area contributed by atoms with Crippen LogP contribution in [0.1, 0.15) is 41.6 Å². The lowest BCUT2D eigenvalue weighted by molar-refractivity contribution is 0.337. The summed E-state index contributed by atoms with van der Waals surface area (Å²) in [5.41, 5.74) is 4.12. The minimum absolute atomic E-state index is 0.0349. The summed E-state index contributed by atoms with van der Waals surface area (Å²) in [5.74, 6) is -0.0349. The van der Waals surface area contributed by atoms with Gasteiger partial charge in [-0.1, -0.05) is 35.0 Å². The van der Waals surface area contributed by atoms with Crippen molar-refractivity contribution < 1.29 is 0 Å². The molecule has 3 heterocycles. The van der Waals surface area contributed by atoms with E-state index >= 15 is 0 Å². The highest BCUT2D eigenvalue weighted by atomic mass is 35.5. The fraction of sp³-hybridized carbons (Fsp3) is 0.273. The Morgan fingerprint density at radius 2 is 1.83 bits per heavy atom. The van der Waals surface area contributed by atoms with Crippen LogP contribution in [-0.2, 0) is 0 Å². The lowest BCUT2D eigenvalue weighted by Crippen LogP contribution is -2.29. The van der Waals surface area contributed by atoms with Crippen LogP contribution >= 0.6 is 11.6 Å². The maximum absolute atomic E-state index is 6.14. The molecule has 2 aromatic carbocycles. The minimum atomic E-state index is -0.0349. The SMILES string of the molecule is Clc1ccc(C(c2ccc3ncncc3c2)c2cn(C3CCNCC3)nn2)cc1. The van der Waals surface area contributed by atoms with Gasteiger partial charge in [0.25, 0.3) is 0 Å². The standard InChI is InChI=1S/C22H21ClN6/c23-18-4-1-15(2-5-18)22(16-3-6-20-17(11-16)12-25-14-26-20)21-13-29(28-27-21)19-7-9-24-10-8-19/h1-6,11-14,19,22,24H,7-10H2. The maximum Gasteiger partial charge on any atom is 0.116 e. The first-order valence-electron chi connectivity index (χ1n) is 9.85. The highest BCUT2D eigenvalue weighted by Crippen LogP contribution is 2.33. The van der Waals surface area contributed by atoms with E-state index in [2.05, 4.69) is 56.1 Å². The highest BCUT2D eigenvalue weighted by molar-refractivity contribution is 6.30. The monoisotopic (exact) mass is 404 g/mol. The molecule has 6 nitrogen and oxygen atoms in total. The van der Waals surface area contributed by atoms with E-state index in [0.717, 1.165) is 58.7 Å². The van der Waals surface area contributed by atoms with Crippen molar-refractivity contribution in [2.75, 3.05) is 13.1 Å². The van der Waals surface area contributed by atoms with E-state index in [4.69, 9.17) is 11.6 Å². The van der Waals surface area contributed by atoms with Gasteiger partial charge in [0.2, 0.25) is 0 Å². The summed E-state index contributed by atoms with van der Waals surface area (Å²) in [4.78, 5) is 8.51. The topological polar surface area (TPSA) is 68.5 Å². The molecule has 1 unspecified atom stereocenters. The molecule has 4 aromatic rings. The van der Waals surface area contributed by atoms with Crippen LogP contribution < -0.4 is 5.32 Å². The van der Waals surface area contributed by atoms with Crippen molar-refractivity contribution in [3.8, 4) is 0 Å². The van der Waals surface area contributed by atoms with E-state index in [0.29, 0.717) is 6.04 Å². The summed E-state index contributed by atoms with van der Waals surface area (Å²) in [6, 6.07) is 14.6. The normalized spacial score (nSPS) is 16.2. The summed E-state index contributed by atoms with van der Waals surface area (Å²) in [6.45, 7) is 2.04. The largest absolute Gasteiger partial charge is 0.317 e. The van der Waals surface area contributed by atoms with Gasteiger partial charge in [0.15, 0.2) is 0 Å². The molecule has 146 valence electrons. The molecule has 0 radical (unpaired) electrons. The number of aromatic nitrogens is 5. The number of halogens is 1. The van der Waals surface area contributed by atoms with Gasteiger partial charge in [-0.25, -0.2) is 14.6 Å². The number of piperidine rings is 1. The molecule has 0 bridgehead atoms. The van der Waals surface area contributed by atoms with E-state index in [1.807, 2.05) is 29.1 Å². The first kappa shape index (κ1) is 18.2. The average Bonchev–Trinajstić information content (AvgIpc) is 3.26. The molecule has 0 aliphatic carbocycles. The summed E-state index contributed by atoms with van der Waals surface area (Å²) >= 11 is 6.14. The first-order valence-corrected chi connectivity index (χ1v) is 10.2. The van der Waals surface area contributed by atoms with Crippen LogP contribution in [0.25, 0.3) is 10.9 Å². The van der Waals surface area contributed by atoms with Crippen LogP contribution in [0.5, 0.6) is 0 Å². The average molecular weight is 405 g/mol. The second kappa shape index (κ2) is 7.89. The van der Waals surface area contributed by atoms with Gasteiger partial charge in [-0.05, 0) is 61.3 Å². The third-order valence-corrected chi connectivity index (χ3v) is 5.82. The van der Waals surface area contributed by atoms with Crippen LogP contribution in [0.4, 0.5) is 0 Å².